The number of primary amides is 1. The molecule has 1 aromatic carbocycles. The number of rotatable bonds is 2. The van der Waals surface area contributed by atoms with E-state index >= 15 is 0 Å². The lowest BCUT2D eigenvalue weighted by Crippen LogP contribution is -2.12. The predicted octanol–water partition coefficient (Wildman–Crippen LogP) is 0.367. The van der Waals surface area contributed by atoms with E-state index in [0.717, 1.165) is 0 Å². The van der Waals surface area contributed by atoms with Gasteiger partial charge in [0, 0.05) is 0 Å². The summed E-state index contributed by atoms with van der Waals surface area (Å²) in [5.74, 6) is -0.917. The highest BCUT2D eigenvalue weighted by atomic mass is 16.3. The molecule has 0 radical (unpaired) electrons. The van der Waals surface area contributed by atoms with Crippen molar-refractivity contribution in [2.45, 2.75) is 0 Å². The predicted molar refractivity (Wildman–Crippen MR) is 55.3 cm³/mol. The molecule has 5 N–H and O–H groups in total. The Kier molecular flexibility index (Phi) is 2.94. The highest BCUT2D eigenvalue weighted by Crippen LogP contribution is 2.21. The first-order valence-corrected chi connectivity index (χ1v) is 4.04. The van der Waals surface area contributed by atoms with E-state index in [2.05, 4.69) is 0 Å². The number of carbonyl (C=O) groups excluding carboxylic acids is 1. The lowest BCUT2D eigenvalue weighted by molar-refractivity contribution is -0.114. The van der Waals surface area contributed by atoms with Crippen LogP contribution in [0.3, 0.4) is 0 Å². The molecule has 5 heteroatoms. The van der Waals surface area contributed by atoms with Crippen LogP contribution >= 0.6 is 0 Å². The summed E-state index contributed by atoms with van der Waals surface area (Å²) in [6.07, 6.45) is 1.28. The van der Waals surface area contributed by atoms with Crippen LogP contribution in [-0.2, 0) is 4.79 Å². The third-order valence-electron chi connectivity index (χ3n) is 1.75. The summed E-state index contributed by atoms with van der Waals surface area (Å²) in [6.45, 7) is 0. The zero-order chi connectivity index (χ0) is 11.4. The van der Waals surface area contributed by atoms with Crippen LogP contribution in [0.2, 0.25) is 0 Å². The van der Waals surface area contributed by atoms with Crippen molar-refractivity contribution in [3.8, 4) is 11.8 Å². The Bertz CT molecular complexity index is 472. The maximum Gasteiger partial charge on any atom is 0.259 e. The Morgan fingerprint density at radius 2 is 2.20 bits per heavy atom. The average Bonchev–Trinajstić information content (AvgIpc) is 2.19. The van der Waals surface area contributed by atoms with E-state index in [9.17, 15) is 9.90 Å². The topological polar surface area (TPSA) is 113 Å². The Morgan fingerprint density at radius 3 is 2.67 bits per heavy atom. The standard InChI is InChI=1S/C10H9N3O2/c11-5-7(10(13)15)3-6-1-2-8(12)9(14)4-6/h1-4,14H,12H2,(H2,13,15)/b7-3+. The maximum absolute atomic E-state index is 10.7. The van der Waals surface area contributed by atoms with Gasteiger partial charge in [-0.3, -0.25) is 4.79 Å². The summed E-state index contributed by atoms with van der Waals surface area (Å²) in [6, 6.07) is 6.03. The molecule has 0 spiro atoms. The second-order valence-corrected chi connectivity index (χ2v) is 2.85. The van der Waals surface area contributed by atoms with E-state index < -0.39 is 5.91 Å². The number of phenolic OH excluding ortho intramolecular Hbond substituents is 1. The highest BCUT2D eigenvalue weighted by Gasteiger charge is 2.04. The van der Waals surface area contributed by atoms with Gasteiger partial charge in [-0.15, -0.1) is 0 Å². The molecule has 0 aliphatic rings. The summed E-state index contributed by atoms with van der Waals surface area (Å²) in [5, 5.41) is 17.8. The molecule has 0 atom stereocenters. The van der Waals surface area contributed by atoms with Crippen LogP contribution in [-0.4, -0.2) is 11.0 Å². The number of benzene rings is 1. The van der Waals surface area contributed by atoms with Crippen LogP contribution in [0.15, 0.2) is 23.8 Å². The Morgan fingerprint density at radius 1 is 1.53 bits per heavy atom. The van der Waals surface area contributed by atoms with Gasteiger partial charge in [-0.2, -0.15) is 5.26 Å². The molecule has 0 saturated carbocycles. The Balaban J connectivity index is 3.14. The fraction of sp³-hybridized carbons (Fsp3) is 0. The third-order valence-corrected chi connectivity index (χ3v) is 1.75. The fourth-order valence-electron chi connectivity index (χ4n) is 0.976. The number of carbonyl (C=O) groups is 1. The van der Waals surface area contributed by atoms with Crippen molar-refractivity contribution in [2.24, 2.45) is 5.73 Å². The van der Waals surface area contributed by atoms with Gasteiger partial charge < -0.3 is 16.6 Å². The lowest BCUT2D eigenvalue weighted by atomic mass is 10.1. The van der Waals surface area contributed by atoms with E-state index in [4.69, 9.17) is 16.7 Å². The van der Waals surface area contributed by atoms with Gasteiger partial charge in [0.1, 0.15) is 17.4 Å². The molecule has 1 rings (SSSR count). The molecule has 15 heavy (non-hydrogen) atoms. The van der Waals surface area contributed by atoms with Crippen molar-refractivity contribution in [3.63, 3.8) is 0 Å². The zero-order valence-electron chi connectivity index (χ0n) is 7.77. The first-order chi connectivity index (χ1) is 7.04. The van der Waals surface area contributed by atoms with Gasteiger partial charge in [0.05, 0.1) is 5.69 Å². The number of hydrogen-bond donors (Lipinski definition) is 3. The quantitative estimate of drug-likeness (QED) is 0.279. The zero-order valence-corrected chi connectivity index (χ0v) is 7.77. The third kappa shape index (κ3) is 2.48. The van der Waals surface area contributed by atoms with Crippen molar-refractivity contribution >= 4 is 17.7 Å². The minimum Gasteiger partial charge on any atom is -0.506 e. The van der Waals surface area contributed by atoms with Crippen molar-refractivity contribution in [1.29, 1.82) is 5.26 Å². The molecule has 0 aromatic heterocycles. The van der Waals surface area contributed by atoms with Crippen LogP contribution in [0.4, 0.5) is 5.69 Å². The van der Waals surface area contributed by atoms with Gasteiger partial charge in [0.25, 0.3) is 5.91 Å². The van der Waals surface area contributed by atoms with Crippen molar-refractivity contribution in [3.05, 3.63) is 29.3 Å². The summed E-state index contributed by atoms with van der Waals surface area (Å²) >= 11 is 0. The number of amides is 1. The van der Waals surface area contributed by atoms with Gasteiger partial charge in [0.2, 0.25) is 0 Å². The number of phenols is 1. The molecule has 0 heterocycles. The van der Waals surface area contributed by atoms with Crippen LogP contribution in [0.1, 0.15) is 5.56 Å². The number of hydrogen-bond acceptors (Lipinski definition) is 4. The molecular formula is C10H9N3O2. The van der Waals surface area contributed by atoms with E-state index in [-0.39, 0.29) is 17.0 Å². The van der Waals surface area contributed by atoms with Gasteiger partial charge >= 0.3 is 0 Å². The molecule has 0 aliphatic heterocycles. The van der Waals surface area contributed by atoms with Gasteiger partial charge in [-0.1, -0.05) is 6.07 Å². The second kappa shape index (κ2) is 4.15. The highest BCUT2D eigenvalue weighted by molar-refractivity contribution is 6.00. The molecule has 0 bridgehead atoms. The van der Waals surface area contributed by atoms with E-state index in [1.54, 1.807) is 12.1 Å². The molecular weight excluding hydrogens is 194 g/mol. The fourth-order valence-corrected chi connectivity index (χ4v) is 0.976. The molecule has 1 amide bonds. The first-order valence-electron chi connectivity index (χ1n) is 4.04. The van der Waals surface area contributed by atoms with Gasteiger partial charge in [0.15, 0.2) is 0 Å². The molecule has 0 aliphatic carbocycles. The molecule has 0 fully saturated rings. The summed E-state index contributed by atoms with van der Waals surface area (Å²) in [5.41, 5.74) is 10.9. The average molecular weight is 203 g/mol. The number of aromatic hydroxyl groups is 1. The number of anilines is 1. The molecule has 0 unspecified atom stereocenters. The molecule has 1 aromatic rings. The maximum atomic E-state index is 10.7. The van der Waals surface area contributed by atoms with E-state index in [1.807, 2.05) is 0 Å². The normalized spacial score (nSPS) is 10.7. The smallest absolute Gasteiger partial charge is 0.259 e. The summed E-state index contributed by atoms with van der Waals surface area (Å²) < 4.78 is 0. The summed E-state index contributed by atoms with van der Waals surface area (Å²) in [7, 11) is 0. The van der Waals surface area contributed by atoms with Crippen LogP contribution in [0, 0.1) is 11.3 Å². The van der Waals surface area contributed by atoms with Crippen molar-refractivity contribution in [2.75, 3.05) is 5.73 Å². The number of nitrogens with two attached hydrogens (primary N) is 2. The largest absolute Gasteiger partial charge is 0.506 e. The molecule has 5 nitrogen and oxygen atoms in total. The van der Waals surface area contributed by atoms with Gasteiger partial charge in [-0.05, 0) is 23.8 Å². The van der Waals surface area contributed by atoms with E-state index in [1.165, 1.54) is 18.2 Å². The van der Waals surface area contributed by atoms with Crippen molar-refractivity contribution in [1.82, 2.24) is 0 Å². The first kappa shape index (κ1) is 10.6. The van der Waals surface area contributed by atoms with Crippen LogP contribution in [0.25, 0.3) is 6.08 Å². The number of nitrogen functional groups attached to an aromatic ring is 1. The minimum absolute atomic E-state index is 0.106. The molecule has 76 valence electrons. The Labute approximate surface area is 86.2 Å². The van der Waals surface area contributed by atoms with Crippen LogP contribution < -0.4 is 11.5 Å². The van der Waals surface area contributed by atoms with Crippen LogP contribution in [0.5, 0.6) is 5.75 Å². The number of nitriles is 1. The monoisotopic (exact) mass is 203 g/mol. The number of nitrogens with zero attached hydrogens (tertiary/aromatic N) is 1. The lowest BCUT2D eigenvalue weighted by Gasteiger charge is -1.99. The second-order valence-electron chi connectivity index (χ2n) is 2.85. The SMILES string of the molecule is N#C/C(=C\c1ccc(N)c(O)c1)C(N)=O. The van der Waals surface area contributed by atoms with Gasteiger partial charge in [-0.25, -0.2) is 0 Å². The van der Waals surface area contributed by atoms with Crippen molar-refractivity contribution < 1.29 is 9.90 Å². The van der Waals surface area contributed by atoms with E-state index in [0.29, 0.717) is 5.56 Å². The molecule has 0 saturated heterocycles. The summed E-state index contributed by atoms with van der Waals surface area (Å²) in [4.78, 5) is 10.7. The Hall–Kier alpha value is -2.48. The minimum atomic E-state index is -0.811.